The first-order valence-corrected chi connectivity index (χ1v) is 9.33. The van der Waals surface area contributed by atoms with Crippen LogP contribution in [0.5, 0.6) is 0 Å². The van der Waals surface area contributed by atoms with Crippen LogP contribution in [0.1, 0.15) is 63.8 Å². The van der Waals surface area contributed by atoms with Gasteiger partial charge in [0, 0.05) is 19.0 Å². The summed E-state index contributed by atoms with van der Waals surface area (Å²) in [5.74, 6) is 1.64. The van der Waals surface area contributed by atoms with E-state index in [4.69, 9.17) is 5.73 Å². The van der Waals surface area contributed by atoms with E-state index >= 15 is 0 Å². The Morgan fingerprint density at radius 2 is 1.95 bits per heavy atom. The number of hydrogen-bond donors (Lipinski definition) is 1. The number of aromatic nitrogens is 2. The highest BCUT2D eigenvalue weighted by Crippen LogP contribution is 2.34. The molecule has 0 amide bonds. The fraction of sp³-hybridized carbons (Fsp3) is 0.824. The van der Waals surface area contributed by atoms with Crippen LogP contribution in [0.2, 0.25) is 0 Å². The third-order valence-corrected chi connectivity index (χ3v) is 6.11. The van der Waals surface area contributed by atoms with Crippen LogP contribution in [-0.4, -0.2) is 15.8 Å². The molecule has 120 valence electrons. The molecule has 4 heteroatoms. The number of rotatable bonds is 6. The van der Waals surface area contributed by atoms with Gasteiger partial charge in [0.15, 0.2) is 0 Å². The molecular weight excluding hydrogens is 326 g/mol. The van der Waals surface area contributed by atoms with Crippen molar-refractivity contribution in [2.45, 2.75) is 78.3 Å². The number of nitrogens with zero attached hydrogens (tertiary/aromatic N) is 2. The van der Waals surface area contributed by atoms with Crippen LogP contribution in [0.25, 0.3) is 0 Å². The Kier molecular flexibility index (Phi) is 6.30. The first-order valence-electron chi connectivity index (χ1n) is 8.54. The van der Waals surface area contributed by atoms with Crippen molar-refractivity contribution in [1.29, 1.82) is 0 Å². The molecule has 0 radical (unpaired) electrons. The van der Waals surface area contributed by atoms with Crippen LogP contribution in [-0.2, 0) is 13.0 Å². The van der Waals surface area contributed by atoms with Gasteiger partial charge in [0.25, 0.3) is 0 Å². The summed E-state index contributed by atoms with van der Waals surface area (Å²) in [7, 11) is 0. The van der Waals surface area contributed by atoms with Crippen LogP contribution in [0, 0.1) is 18.8 Å². The molecule has 21 heavy (non-hydrogen) atoms. The van der Waals surface area contributed by atoms with Gasteiger partial charge in [-0.2, -0.15) is 5.10 Å². The van der Waals surface area contributed by atoms with E-state index in [-0.39, 0.29) is 6.04 Å². The summed E-state index contributed by atoms with van der Waals surface area (Å²) in [6.07, 6.45) is 9.03. The minimum absolute atomic E-state index is 0.269. The van der Waals surface area contributed by atoms with Gasteiger partial charge in [-0.3, -0.25) is 4.68 Å². The van der Waals surface area contributed by atoms with Gasteiger partial charge < -0.3 is 5.73 Å². The van der Waals surface area contributed by atoms with E-state index in [2.05, 4.69) is 46.5 Å². The number of halogens is 1. The maximum atomic E-state index is 6.54. The summed E-state index contributed by atoms with van der Waals surface area (Å²) in [5, 5.41) is 4.58. The quantitative estimate of drug-likeness (QED) is 0.818. The Morgan fingerprint density at radius 1 is 1.29 bits per heavy atom. The molecule has 1 aromatic heterocycles. The van der Waals surface area contributed by atoms with Crippen LogP contribution < -0.4 is 5.73 Å². The fourth-order valence-corrected chi connectivity index (χ4v) is 4.21. The van der Waals surface area contributed by atoms with Gasteiger partial charge in [0.2, 0.25) is 0 Å². The largest absolute Gasteiger partial charge is 0.327 e. The van der Waals surface area contributed by atoms with Crippen molar-refractivity contribution in [3.63, 3.8) is 0 Å². The summed E-state index contributed by atoms with van der Waals surface area (Å²) >= 11 is 3.69. The van der Waals surface area contributed by atoms with Crippen LogP contribution in [0.15, 0.2) is 4.47 Å². The topological polar surface area (TPSA) is 43.8 Å². The van der Waals surface area contributed by atoms with Crippen molar-refractivity contribution >= 4 is 15.9 Å². The molecule has 1 fully saturated rings. The molecule has 1 atom stereocenters. The zero-order chi connectivity index (χ0) is 15.4. The summed E-state index contributed by atoms with van der Waals surface area (Å²) in [5.41, 5.74) is 8.89. The smallest absolute Gasteiger partial charge is 0.0738 e. The second-order valence-electron chi connectivity index (χ2n) is 6.60. The average Bonchev–Trinajstić information content (AvgIpc) is 2.76. The maximum Gasteiger partial charge on any atom is 0.0738 e. The number of hydrogen-bond acceptors (Lipinski definition) is 2. The molecule has 1 heterocycles. The summed E-state index contributed by atoms with van der Waals surface area (Å²) in [6.45, 7) is 7.41. The highest BCUT2D eigenvalue weighted by molar-refractivity contribution is 9.10. The van der Waals surface area contributed by atoms with E-state index < -0.39 is 0 Å². The van der Waals surface area contributed by atoms with Gasteiger partial charge in [-0.05, 0) is 54.5 Å². The van der Waals surface area contributed by atoms with E-state index in [1.54, 1.807) is 0 Å². The lowest BCUT2D eigenvalue weighted by Gasteiger charge is -2.32. The molecule has 1 aliphatic rings. The lowest BCUT2D eigenvalue weighted by molar-refractivity contribution is 0.231. The normalized spacial score (nSPS) is 24.2. The molecular formula is C17H30BrN3. The fourth-order valence-electron chi connectivity index (χ4n) is 3.77. The lowest BCUT2D eigenvalue weighted by Crippen LogP contribution is -2.35. The minimum atomic E-state index is 0.269. The molecule has 3 nitrogen and oxygen atoms in total. The molecule has 1 aromatic rings. The van der Waals surface area contributed by atoms with Gasteiger partial charge in [0.1, 0.15) is 0 Å². The molecule has 0 aromatic carbocycles. The van der Waals surface area contributed by atoms with Crippen molar-refractivity contribution in [2.75, 3.05) is 0 Å². The average molecular weight is 356 g/mol. The molecule has 0 spiro atoms. The second-order valence-corrected chi connectivity index (χ2v) is 7.39. The van der Waals surface area contributed by atoms with Crippen LogP contribution in [0.3, 0.4) is 0 Å². The molecule has 2 rings (SSSR count). The highest BCUT2D eigenvalue weighted by Gasteiger charge is 2.27. The van der Waals surface area contributed by atoms with Gasteiger partial charge in [-0.1, -0.05) is 32.6 Å². The molecule has 2 N–H and O–H groups in total. The van der Waals surface area contributed by atoms with E-state index in [0.717, 1.165) is 29.1 Å². The zero-order valence-corrected chi connectivity index (χ0v) is 15.3. The zero-order valence-electron chi connectivity index (χ0n) is 13.7. The van der Waals surface area contributed by atoms with Crippen molar-refractivity contribution in [2.24, 2.45) is 17.6 Å². The van der Waals surface area contributed by atoms with Crippen LogP contribution in [0.4, 0.5) is 0 Å². The third-order valence-electron chi connectivity index (χ3n) is 5.08. The molecule has 0 aliphatic heterocycles. The molecule has 1 unspecified atom stereocenters. The van der Waals surface area contributed by atoms with E-state index in [1.807, 2.05) is 0 Å². The number of nitrogens with two attached hydrogens (primary N) is 1. The second kappa shape index (κ2) is 7.77. The Labute approximate surface area is 137 Å². The van der Waals surface area contributed by atoms with Crippen molar-refractivity contribution < 1.29 is 0 Å². The standard InChI is InChI=1S/C17H30BrN3/c1-4-6-13-7-9-14(10-8-13)15(19)11-16-17(18)12(3)20-21(16)5-2/h13-15H,4-11,19H2,1-3H3. The maximum absolute atomic E-state index is 6.54. The molecule has 0 bridgehead atoms. The summed E-state index contributed by atoms with van der Waals surface area (Å²) in [4.78, 5) is 0. The van der Waals surface area contributed by atoms with Gasteiger partial charge in [-0.15, -0.1) is 0 Å². The Morgan fingerprint density at radius 3 is 2.52 bits per heavy atom. The van der Waals surface area contributed by atoms with E-state index in [1.165, 1.54) is 44.2 Å². The molecule has 0 saturated heterocycles. The minimum Gasteiger partial charge on any atom is -0.327 e. The van der Waals surface area contributed by atoms with Crippen molar-refractivity contribution in [1.82, 2.24) is 9.78 Å². The highest BCUT2D eigenvalue weighted by atomic mass is 79.9. The SMILES string of the molecule is CCCC1CCC(C(N)Cc2c(Br)c(C)nn2CC)CC1. The predicted molar refractivity (Wildman–Crippen MR) is 92.4 cm³/mol. The first kappa shape index (κ1) is 17.0. The Balaban J connectivity index is 1.95. The van der Waals surface area contributed by atoms with E-state index in [0.29, 0.717) is 5.92 Å². The predicted octanol–water partition coefficient (Wildman–Crippen LogP) is 4.45. The van der Waals surface area contributed by atoms with Gasteiger partial charge in [0.05, 0.1) is 15.9 Å². The summed E-state index contributed by atoms with van der Waals surface area (Å²) in [6, 6.07) is 0.269. The Hall–Kier alpha value is -0.350. The lowest BCUT2D eigenvalue weighted by atomic mass is 9.76. The summed E-state index contributed by atoms with van der Waals surface area (Å²) < 4.78 is 3.25. The van der Waals surface area contributed by atoms with E-state index in [9.17, 15) is 0 Å². The Bertz CT molecular complexity index is 447. The third kappa shape index (κ3) is 4.10. The first-order chi connectivity index (χ1) is 10.1. The monoisotopic (exact) mass is 355 g/mol. The van der Waals surface area contributed by atoms with Crippen molar-refractivity contribution in [3.05, 3.63) is 15.9 Å². The van der Waals surface area contributed by atoms with Gasteiger partial charge >= 0.3 is 0 Å². The molecule has 1 saturated carbocycles. The number of aryl methyl sites for hydroxylation is 2. The van der Waals surface area contributed by atoms with Gasteiger partial charge in [-0.25, -0.2) is 0 Å². The molecule has 1 aliphatic carbocycles. The van der Waals surface area contributed by atoms with Crippen LogP contribution >= 0.6 is 15.9 Å². The van der Waals surface area contributed by atoms with Crippen molar-refractivity contribution in [3.8, 4) is 0 Å².